The first-order valence-corrected chi connectivity index (χ1v) is 9.95. The highest BCUT2D eigenvalue weighted by Gasteiger charge is 2.34. The smallest absolute Gasteiger partial charge is 0.211 e. The van der Waals surface area contributed by atoms with Gasteiger partial charge in [0.2, 0.25) is 10.0 Å². The maximum absolute atomic E-state index is 12.2. The van der Waals surface area contributed by atoms with Crippen LogP contribution in [0.3, 0.4) is 0 Å². The molecule has 8 heteroatoms. The Morgan fingerprint density at radius 3 is 2.67 bits per heavy atom. The summed E-state index contributed by atoms with van der Waals surface area (Å²) in [5.41, 5.74) is 0. The molecule has 1 atom stereocenters. The van der Waals surface area contributed by atoms with Crippen LogP contribution in [0, 0.1) is 0 Å². The van der Waals surface area contributed by atoms with E-state index < -0.39 is 25.1 Å². The SMILES string of the molecule is CS(=O)(=O)N1CCC(c2cccs2)S(=O)(=O)CC1. The molecule has 1 aliphatic heterocycles. The van der Waals surface area contributed by atoms with Gasteiger partial charge in [0.1, 0.15) is 0 Å². The van der Waals surface area contributed by atoms with Crippen molar-refractivity contribution in [2.24, 2.45) is 0 Å². The van der Waals surface area contributed by atoms with E-state index in [1.807, 2.05) is 11.4 Å². The van der Waals surface area contributed by atoms with E-state index in [0.29, 0.717) is 6.42 Å². The van der Waals surface area contributed by atoms with Gasteiger partial charge in [-0.1, -0.05) is 6.07 Å². The molecule has 0 amide bonds. The third kappa shape index (κ3) is 2.93. The van der Waals surface area contributed by atoms with Crippen molar-refractivity contribution < 1.29 is 16.8 Å². The first-order valence-electron chi connectivity index (χ1n) is 5.51. The lowest BCUT2D eigenvalue weighted by molar-refractivity contribution is 0.433. The zero-order valence-electron chi connectivity index (χ0n) is 9.94. The maximum atomic E-state index is 12.2. The molecule has 0 aliphatic carbocycles. The van der Waals surface area contributed by atoms with Crippen molar-refractivity contribution in [1.29, 1.82) is 0 Å². The summed E-state index contributed by atoms with van der Waals surface area (Å²) in [6.07, 6.45) is 1.45. The fourth-order valence-corrected chi connectivity index (χ4v) is 6.03. The zero-order valence-corrected chi connectivity index (χ0v) is 12.4. The average Bonchev–Trinajstić information content (AvgIpc) is 2.68. The highest BCUT2D eigenvalue weighted by Crippen LogP contribution is 2.32. The maximum Gasteiger partial charge on any atom is 0.211 e. The second-order valence-electron chi connectivity index (χ2n) is 4.32. The highest BCUT2D eigenvalue weighted by atomic mass is 32.2. The van der Waals surface area contributed by atoms with Crippen molar-refractivity contribution >= 4 is 31.2 Å². The number of rotatable bonds is 2. The van der Waals surface area contributed by atoms with Crippen molar-refractivity contribution in [3.63, 3.8) is 0 Å². The Balaban J connectivity index is 2.29. The number of hydrogen-bond donors (Lipinski definition) is 0. The summed E-state index contributed by atoms with van der Waals surface area (Å²) in [6.45, 7) is 0.323. The molecule has 1 fully saturated rings. The molecule has 1 aliphatic rings. The Hall–Kier alpha value is -0.440. The standard InChI is InChI=1S/C10H15NO4S3/c1-17(12,13)11-5-4-10(9-3-2-7-16-9)18(14,15)8-6-11/h2-3,7,10H,4-6,8H2,1H3. The Morgan fingerprint density at radius 2 is 2.11 bits per heavy atom. The van der Waals surface area contributed by atoms with E-state index in [4.69, 9.17) is 0 Å². The summed E-state index contributed by atoms with van der Waals surface area (Å²) < 4.78 is 48.5. The van der Waals surface area contributed by atoms with Crippen LogP contribution in [0.4, 0.5) is 0 Å². The van der Waals surface area contributed by atoms with Gasteiger partial charge < -0.3 is 0 Å². The van der Waals surface area contributed by atoms with Crippen molar-refractivity contribution in [2.45, 2.75) is 11.7 Å². The van der Waals surface area contributed by atoms with Gasteiger partial charge in [-0.15, -0.1) is 11.3 Å². The molecule has 102 valence electrons. The molecule has 0 bridgehead atoms. The third-order valence-corrected chi connectivity index (χ3v) is 7.58. The van der Waals surface area contributed by atoms with E-state index in [1.165, 1.54) is 15.6 Å². The fraction of sp³-hybridized carbons (Fsp3) is 0.600. The van der Waals surface area contributed by atoms with Crippen LogP contribution in [0.5, 0.6) is 0 Å². The van der Waals surface area contributed by atoms with Gasteiger partial charge in [0, 0.05) is 18.0 Å². The molecule has 0 spiro atoms. The van der Waals surface area contributed by atoms with E-state index in [-0.39, 0.29) is 18.8 Å². The van der Waals surface area contributed by atoms with Crippen molar-refractivity contribution in [3.8, 4) is 0 Å². The van der Waals surface area contributed by atoms with Crippen LogP contribution in [0.2, 0.25) is 0 Å². The van der Waals surface area contributed by atoms with E-state index in [9.17, 15) is 16.8 Å². The lowest BCUT2D eigenvalue weighted by Crippen LogP contribution is -2.32. The zero-order chi connectivity index (χ0) is 13.4. The monoisotopic (exact) mass is 309 g/mol. The summed E-state index contributed by atoms with van der Waals surface area (Å²) in [6, 6.07) is 3.61. The lowest BCUT2D eigenvalue weighted by Gasteiger charge is -2.16. The normalized spacial score (nSPS) is 25.7. The molecule has 1 aromatic heterocycles. The molecule has 18 heavy (non-hydrogen) atoms. The van der Waals surface area contributed by atoms with Gasteiger partial charge in [-0.3, -0.25) is 0 Å². The van der Waals surface area contributed by atoms with Crippen LogP contribution in [0.1, 0.15) is 16.5 Å². The largest absolute Gasteiger partial charge is 0.228 e. The quantitative estimate of drug-likeness (QED) is 0.812. The van der Waals surface area contributed by atoms with Crippen LogP contribution in [0.25, 0.3) is 0 Å². The van der Waals surface area contributed by atoms with E-state index in [1.54, 1.807) is 6.07 Å². The second-order valence-corrected chi connectivity index (χ2v) is 9.59. The molecule has 1 saturated heterocycles. The van der Waals surface area contributed by atoms with Gasteiger partial charge in [-0.05, 0) is 17.9 Å². The Labute approximate surface area is 111 Å². The number of sulfonamides is 1. The summed E-state index contributed by atoms with van der Waals surface area (Å²) in [5.74, 6) is -0.108. The molecule has 0 saturated carbocycles. The summed E-state index contributed by atoms with van der Waals surface area (Å²) in [4.78, 5) is 0.797. The topological polar surface area (TPSA) is 71.5 Å². The molecule has 0 aromatic carbocycles. The molecule has 5 nitrogen and oxygen atoms in total. The molecule has 0 radical (unpaired) electrons. The van der Waals surface area contributed by atoms with Crippen LogP contribution >= 0.6 is 11.3 Å². The minimum atomic E-state index is -3.32. The number of thiophene rings is 1. The highest BCUT2D eigenvalue weighted by molar-refractivity contribution is 7.92. The van der Waals surface area contributed by atoms with Gasteiger partial charge in [-0.25, -0.2) is 21.1 Å². The number of nitrogens with zero attached hydrogens (tertiary/aromatic N) is 1. The summed E-state index contributed by atoms with van der Waals surface area (Å²) in [5, 5.41) is 1.27. The van der Waals surface area contributed by atoms with Crippen molar-refractivity contribution in [2.75, 3.05) is 25.1 Å². The van der Waals surface area contributed by atoms with Crippen LogP contribution < -0.4 is 0 Å². The van der Waals surface area contributed by atoms with E-state index in [0.717, 1.165) is 11.1 Å². The van der Waals surface area contributed by atoms with Crippen LogP contribution in [-0.2, 0) is 19.9 Å². The average molecular weight is 309 g/mol. The Bertz CT molecular complexity index is 604. The van der Waals surface area contributed by atoms with Gasteiger partial charge in [0.25, 0.3) is 0 Å². The molecule has 2 rings (SSSR count). The summed E-state index contributed by atoms with van der Waals surface area (Å²) in [7, 11) is -6.59. The van der Waals surface area contributed by atoms with Gasteiger partial charge in [0.05, 0.1) is 17.3 Å². The van der Waals surface area contributed by atoms with Crippen LogP contribution in [-0.4, -0.2) is 46.2 Å². The van der Waals surface area contributed by atoms with Gasteiger partial charge in [0.15, 0.2) is 9.84 Å². The molecule has 0 N–H and O–H groups in total. The molecule has 1 aromatic rings. The van der Waals surface area contributed by atoms with Crippen LogP contribution in [0.15, 0.2) is 17.5 Å². The van der Waals surface area contributed by atoms with Crippen molar-refractivity contribution in [1.82, 2.24) is 4.31 Å². The Kier molecular flexibility index (Phi) is 3.82. The predicted octanol–water partition coefficient (Wildman–Crippen LogP) is 0.869. The number of sulfone groups is 1. The van der Waals surface area contributed by atoms with Gasteiger partial charge in [-0.2, -0.15) is 0 Å². The second kappa shape index (κ2) is 4.92. The lowest BCUT2D eigenvalue weighted by atomic mass is 10.2. The minimum absolute atomic E-state index is 0.0586. The van der Waals surface area contributed by atoms with Gasteiger partial charge >= 0.3 is 0 Å². The molecule has 2 heterocycles. The molecular formula is C10H15NO4S3. The Morgan fingerprint density at radius 1 is 1.39 bits per heavy atom. The summed E-state index contributed by atoms with van der Waals surface area (Å²) >= 11 is 1.40. The van der Waals surface area contributed by atoms with Crippen molar-refractivity contribution in [3.05, 3.63) is 22.4 Å². The van der Waals surface area contributed by atoms with E-state index in [2.05, 4.69) is 0 Å². The predicted molar refractivity (Wildman–Crippen MR) is 71.9 cm³/mol. The van der Waals surface area contributed by atoms with E-state index >= 15 is 0 Å². The number of hydrogen-bond acceptors (Lipinski definition) is 5. The molecule has 1 unspecified atom stereocenters. The minimum Gasteiger partial charge on any atom is -0.228 e. The first-order chi connectivity index (χ1) is 8.31. The fourth-order valence-electron chi connectivity index (χ4n) is 2.05. The first kappa shape index (κ1) is 14.0. The molecular weight excluding hydrogens is 294 g/mol. The third-order valence-electron chi connectivity index (χ3n) is 3.03.